The fraction of sp³-hybridized carbons (Fsp3) is 0.0714. The van der Waals surface area contributed by atoms with E-state index in [1.165, 1.54) is 0 Å². The van der Waals surface area contributed by atoms with Crippen LogP contribution in [0.2, 0.25) is 5.02 Å². The Morgan fingerprint density at radius 3 is 2.44 bits per heavy atom. The van der Waals surface area contributed by atoms with Gasteiger partial charge in [-0.15, -0.1) is 11.8 Å². The minimum Gasteiger partial charge on any atom is -0.478 e. The number of carboxylic acids is 1. The van der Waals surface area contributed by atoms with Gasteiger partial charge in [0.05, 0.1) is 5.56 Å². The molecule has 0 saturated heterocycles. The first-order valence-corrected chi connectivity index (χ1v) is 6.73. The highest BCUT2D eigenvalue weighted by atomic mass is 35.5. The van der Waals surface area contributed by atoms with Gasteiger partial charge in [-0.25, -0.2) is 4.79 Å². The van der Waals surface area contributed by atoms with E-state index >= 15 is 0 Å². The summed E-state index contributed by atoms with van der Waals surface area (Å²) in [5.41, 5.74) is 1.18. The lowest BCUT2D eigenvalue weighted by atomic mass is 10.1. The predicted octanol–water partition coefficient (Wildman–Crippen LogP) is 4.33. The van der Waals surface area contributed by atoms with E-state index in [0.717, 1.165) is 10.5 Å². The van der Waals surface area contributed by atoms with Crippen molar-refractivity contribution in [2.75, 3.05) is 0 Å². The molecule has 2 aromatic rings. The number of thioether (sulfide) groups is 1. The van der Waals surface area contributed by atoms with Crippen LogP contribution in [-0.4, -0.2) is 11.1 Å². The van der Waals surface area contributed by atoms with Crippen LogP contribution < -0.4 is 0 Å². The maximum absolute atomic E-state index is 11.1. The first-order chi connectivity index (χ1) is 8.66. The molecule has 2 rings (SSSR count). The molecule has 1 N–H and O–H groups in total. The third-order valence-electron chi connectivity index (χ3n) is 2.46. The molecule has 2 aromatic carbocycles. The van der Waals surface area contributed by atoms with Gasteiger partial charge in [-0.05, 0) is 35.9 Å². The average Bonchev–Trinajstić information content (AvgIpc) is 2.38. The second-order valence-electron chi connectivity index (χ2n) is 3.70. The number of benzene rings is 2. The van der Waals surface area contributed by atoms with E-state index in [2.05, 4.69) is 0 Å². The van der Waals surface area contributed by atoms with E-state index in [1.54, 1.807) is 23.9 Å². The molecule has 92 valence electrons. The molecule has 0 aliphatic carbocycles. The van der Waals surface area contributed by atoms with Crippen LogP contribution >= 0.6 is 23.4 Å². The molecular formula is C14H11ClO2S. The third-order valence-corrected chi connectivity index (χ3v) is 3.77. The SMILES string of the molecule is O=C(O)c1ccccc1CSc1ccc(Cl)cc1. The van der Waals surface area contributed by atoms with Crippen molar-refractivity contribution in [3.63, 3.8) is 0 Å². The maximum Gasteiger partial charge on any atom is 0.335 e. The Kier molecular flexibility index (Phi) is 4.28. The second-order valence-corrected chi connectivity index (χ2v) is 5.19. The minimum atomic E-state index is -0.887. The largest absolute Gasteiger partial charge is 0.478 e. The van der Waals surface area contributed by atoms with Gasteiger partial charge < -0.3 is 5.11 Å². The number of rotatable bonds is 4. The van der Waals surface area contributed by atoms with E-state index in [0.29, 0.717) is 16.3 Å². The average molecular weight is 279 g/mol. The highest BCUT2D eigenvalue weighted by Gasteiger charge is 2.08. The van der Waals surface area contributed by atoms with E-state index in [-0.39, 0.29) is 0 Å². The van der Waals surface area contributed by atoms with Crippen LogP contribution in [-0.2, 0) is 5.75 Å². The van der Waals surface area contributed by atoms with Crippen molar-refractivity contribution in [2.45, 2.75) is 10.6 Å². The standard InChI is InChI=1S/C14H11ClO2S/c15-11-5-7-12(8-6-11)18-9-10-3-1-2-4-13(10)14(16)17/h1-8H,9H2,(H,16,17). The zero-order valence-corrected chi connectivity index (χ0v) is 11.0. The van der Waals surface area contributed by atoms with Crippen molar-refractivity contribution in [3.05, 3.63) is 64.7 Å². The van der Waals surface area contributed by atoms with Crippen LogP contribution in [0.25, 0.3) is 0 Å². The summed E-state index contributed by atoms with van der Waals surface area (Å²) in [6, 6.07) is 14.6. The summed E-state index contributed by atoms with van der Waals surface area (Å²) in [6.45, 7) is 0. The van der Waals surface area contributed by atoms with Gasteiger partial charge in [0, 0.05) is 15.7 Å². The Labute approximate surface area is 115 Å². The highest BCUT2D eigenvalue weighted by molar-refractivity contribution is 7.98. The smallest absolute Gasteiger partial charge is 0.335 e. The molecule has 0 amide bonds. The Hall–Kier alpha value is -1.45. The molecule has 0 radical (unpaired) electrons. The van der Waals surface area contributed by atoms with E-state index in [9.17, 15) is 4.79 Å². The predicted molar refractivity (Wildman–Crippen MR) is 74.4 cm³/mol. The molecule has 0 fully saturated rings. The molecule has 0 aromatic heterocycles. The third kappa shape index (κ3) is 3.28. The van der Waals surface area contributed by atoms with E-state index in [4.69, 9.17) is 16.7 Å². The summed E-state index contributed by atoms with van der Waals surface area (Å²) in [6.07, 6.45) is 0. The van der Waals surface area contributed by atoms with Crippen molar-refractivity contribution in [1.29, 1.82) is 0 Å². The Balaban J connectivity index is 2.10. The number of hydrogen-bond donors (Lipinski definition) is 1. The summed E-state index contributed by atoms with van der Waals surface area (Å²) in [5, 5.41) is 9.77. The molecule has 4 heteroatoms. The molecule has 0 aliphatic rings. The topological polar surface area (TPSA) is 37.3 Å². The van der Waals surface area contributed by atoms with E-state index in [1.807, 2.05) is 36.4 Å². The van der Waals surface area contributed by atoms with Crippen molar-refractivity contribution >= 4 is 29.3 Å². The first-order valence-electron chi connectivity index (χ1n) is 5.36. The van der Waals surface area contributed by atoms with Crippen LogP contribution in [0.1, 0.15) is 15.9 Å². The van der Waals surface area contributed by atoms with Gasteiger partial charge in [-0.1, -0.05) is 29.8 Å². The lowest BCUT2D eigenvalue weighted by Gasteiger charge is -2.05. The van der Waals surface area contributed by atoms with Crippen molar-refractivity contribution in [1.82, 2.24) is 0 Å². The van der Waals surface area contributed by atoms with Gasteiger partial charge in [-0.3, -0.25) is 0 Å². The Bertz CT molecular complexity index is 552. The highest BCUT2D eigenvalue weighted by Crippen LogP contribution is 2.25. The van der Waals surface area contributed by atoms with Crippen molar-refractivity contribution < 1.29 is 9.90 Å². The zero-order valence-electron chi connectivity index (χ0n) is 9.47. The quantitative estimate of drug-likeness (QED) is 0.846. The van der Waals surface area contributed by atoms with Crippen LogP contribution in [0, 0.1) is 0 Å². The zero-order chi connectivity index (χ0) is 13.0. The van der Waals surface area contributed by atoms with E-state index < -0.39 is 5.97 Å². The van der Waals surface area contributed by atoms with Gasteiger partial charge in [-0.2, -0.15) is 0 Å². The number of aromatic carboxylic acids is 1. The number of hydrogen-bond acceptors (Lipinski definition) is 2. The monoisotopic (exact) mass is 278 g/mol. The van der Waals surface area contributed by atoms with Gasteiger partial charge in [0.15, 0.2) is 0 Å². The fourth-order valence-electron chi connectivity index (χ4n) is 1.55. The van der Waals surface area contributed by atoms with Crippen LogP contribution in [0.3, 0.4) is 0 Å². The summed E-state index contributed by atoms with van der Waals surface area (Å²) in [4.78, 5) is 12.1. The van der Waals surface area contributed by atoms with Crippen molar-refractivity contribution in [2.24, 2.45) is 0 Å². The number of carboxylic acid groups (broad SMARTS) is 1. The molecule has 0 bridgehead atoms. The van der Waals surface area contributed by atoms with Gasteiger partial charge in [0.25, 0.3) is 0 Å². The molecule has 0 spiro atoms. The number of carbonyl (C=O) groups is 1. The summed E-state index contributed by atoms with van der Waals surface area (Å²) in [7, 11) is 0. The fourth-order valence-corrected chi connectivity index (χ4v) is 2.58. The molecule has 2 nitrogen and oxygen atoms in total. The molecule has 0 atom stereocenters. The lowest BCUT2D eigenvalue weighted by molar-refractivity contribution is 0.0696. The second kappa shape index (κ2) is 5.94. The van der Waals surface area contributed by atoms with Crippen LogP contribution in [0.15, 0.2) is 53.4 Å². The van der Waals surface area contributed by atoms with Crippen LogP contribution in [0.5, 0.6) is 0 Å². The summed E-state index contributed by atoms with van der Waals surface area (Å²) < 4.78 is 0. The van der Waals surface area contributed by atoms with Crippen LogP contribution in [0.4, 0.5) is 0 Å². The molecule has 0 unspecified atom stereocenters. The lowest BCUT2D eigenvalue weighted by Crippen LogP contribution is -2.00. The Morgan fingerprint density at radius 2 is 1.78 bits per heavy atom. The molecule has 0 aliphatic heterocycles. The Morgan fingerprint density at radius 1 is 1.11 bits per heavy atom. The molecule has 18 heavy (non-hydrogen) atoms. The van der Waals surface area contributed by atoms with Crippen molar-refractivity contribution in [3.8, 4) is 0 Å². The van der Waals surface area contributed by atoms with Gasteiger partial charge in [0.1, 0.15) is 0 Å². The molecule has 0 heterocycles. The first kappa shape index (κ1) is 13.0. The summed E-state index contributed by atoms with van der Waals surface area (Å²) in [5.74, 6) is -0.258. The van der Waals surface area contributed by atoms with Gasteiger partial charge >= 0.3 is 5.97 Å². The molecular weight excluding hydrogens is 268 g/mol. The number of halogens is 1. The maximum atomic E-state index is 11.1. The van der Waals surface area contributed by atoms with Gasteiger partial charge in [0.2, 0.25) is 0 Å². The minimum absolute atomic E-state index is 0.360. The summed E-state index contributed by atoms with van der Waals surface area (Å²) >= 11 is 7.40. The normalized spacial score (nSPS) is 10.3. The molecule has 0 saturated carbocycles.